The number of carbonyl (C=O) groups is 1. The van der Waals surface area contributed by atoms with Crippen LogP contribution in [0.25, 0.3) is 0 Å². The molecule has 0 fully saturated rings. The van der Waals surface area contributed by atoms with Crippen LogP contribution in [0.4, 0.5) is 13.2 Å². The lowest BCUT2D eigenvalue weighted by atomic mass is 10.6. The third-order valence-corrected chi connectivity index (χ3v) is 0.598. The smallest absolute Gasteiger partial charge is 0.376 e. The first-order valence-electron chi connectivity index (χ1n) is 1.52. The Hall–Kier alpha value is -0.523. The number of rotatable bonds is 0. The van der Waals surface area contributed by atoms with Gasteiger partial charge in [0.05, 0.1) is 0 Å². The van der Waals surface area contributed by atoms with E-state index in [4.69, 9.17) is 0 Å². The van der Waals surface area contributed by atoms with Crippen molar-refractivity contribution in [3.05, 3.63) is 0 Å². The largest absolute Gasteiger partial charge is 0.470 e. The Labute approximate surface area is 46.6 Å². The van der Waals surface area contributed by atoms with Crippen molar-refractivity contribution in [2.75, 3.05) is 0 Å². The zero-order valence-corrected chi connectivity index (χ0v) is 4.54. The van der Waals surface area contributed by atoms with Crippen LogP contribution in [0.1, 0.15) is 0 Å². The molecule has 1 N–H and O–H groups in total. The summed E-state index contributed by atoms with van der Waals surface area (Å²) in [5.74, 6) is -2.01. The van der Waals surface area contributed by atoms with Crippen LogP contribution >= 0.6 is 0 Å². The fourth-order valence-electron chi connectivity index (χ4n) is 0.0709. The standard InChI is InChI=1S/C2HF3NOSi/c3-2(4,5)1(7)6-8/h(H,6,7). The molecule has 0 aromatic rings. The highest BCUT2D eigenvalue weighted by molar-refractivity contribution is 6.15. The van der Waals surface area contributed by atoms with Crippen molar-refractivity contribution in [1.29, 1.82) is 0 Å². The molecule has 0 aliphatic carbocycles. The number of hydrogen-bond acceptors (Lipinski definition) is 1. The molecule has 0 aliphatic rings. The van der Waals surface area contributed by atoms with Gasteiger partial charge in [-0.25, -0.2) is 0 Å². The minimum atomic E-state index is -4.79. The predicted octanol–water partition coefficient (Wildman–Crippen LogP) is -0.252. The van der Waals surface area contributed by atoms with Gasteiger partial charge in [0, 0.05) is 0 Å². The van der Waals surface area contributed by atoms with E-state index in [1.165, 1.54) is 4.98 Å². The zero-order chi connectivity index (χ0) is 6.78. The quantitative estimate of drug-likeness (QED) is 0.462. The summed E-state index contributed by atoms with van der Waals surface area (Å²) in [6.07, 6.45) is -4.79. The van der Waals surface area contributed by atoms with Gasteiger partial charge in [0.15, 0.2) is 10.4 Å². The summed E-state index contributed by atoms with van der Waals surface area (Å²) in [6.45, 7) is 0. The fourth-order valence-corrected chi connectivity index (χ4v) is 0.213. The summed E-state index contributed by atoms with van der Waals surface area (Å²) >= 11 is 0. The molecular weight excluding hydrogens is 139 g/mol. The van der Waals surface area contributed by atoms with Crippen LogP contribution in [-0.4, -0.2) is 22.5 Å². The summed E-state index contributed by atoms with van der Waals surface area (Å²) in [5, 5.41) is 0. The average molecular weight is 140 g/mol. The van der Waals surface area contributed by atoms with Crippen molar-refractivity contribution in [2.45, 2.75) is 6.18 Å². The van der Waals surface area contributed by atoms with E-state index in [-0.39, 0.29) is 0 Å². The molecule has 0 aromatic carbocycles. The molecule has 3 radical (unpaired) electrons. The maximum absolute atomic E-state index is 11.0. The molecule has 1 amide bonds. The Bertz CT molecular complexity index is 99.9. The number of nitrogens with one attached hydrogen (secondary N) is 1. The van der Waals surface area contributed by atoms with E-state index in [2.05, 4.69) is 10.4 Å². The van der Waals surface area contributed by atoms with Crippen LogP contribution in [0.3, 0.4) is 0 Å². The number of amides is 1. The molecule has 0 heterocycles. The molecular formula is C2HF3NOSi. The van der Waals surface area contributed by atoms with E-state index in [9.17, 15) is 18.0 Å². The van der Waals surface area contributed by atoms with Gasteiger partial charge in [0.1, 0.15) is 0 Å². The molecule has 2 nitrogen and oxygen atoms in total. The number of carbonyl (C=O) groups excluding carboxylic acids is 1. The van der Waals surface area contributed by atoms with Gasteiger partial charge in [-0.1, -0.05) is 0 Å². The maximum Gasteiger partial charge on any atom is 0.470 e. The van der Waals surface area contributed by atoms with E-state index in [1.807, 2.05) is 0 Å². The van der Waals surface area contributed by atoms with E-state index in [0.29, 0.717) is 0 Å². The van der Waals surface area contributed by atoms with Crippen molar-refractivity contribution >= 4 is 16.3 Å². The van der Waals surface area contributed by atoms with Crippen molar-refractivity contribution in [3.63, 3.8) is 0 Å². The second kappa shape index (κ2) is 2.16. The van der Waals surface area contributed by atoms with Crippen LogP contribution < -0.4 is 4.98 Å². The Balaban J connectivity index is 3.82. The highest BCUT2D eigenvalue weighted by Gasteiger charge is 2.37. The number of hydrogen-bond donors (Lipinski definition) is 1. The highest BCUT2D eigenvalue weighted by atomic mass is 28.2. The zero-order valence-electron chi connectivity index (χ0n) is 3.54. The van der Waals surface area contributed by atoms with Gasteiger partial charge in [-0.2, -0.15) is 13.2 Å². The van der Waals surface area contributed by atoms with Crippen molar-refractivity contribution in [3.8, 4) is 0 Å². The van der Waals surface area contributed by atoms with Crippen LogP contribution in [0.15, 0.2) is 0 Å². The van der Waals surface area contributed by atoms with Crippen LogP contribution in [0.5, 0.6) is 0 Å². The van der Waals surface area contributed by atoms with E-state index in [0.717, 1.165) is 0 Å². The second-order valence-corrected chi connectivity index (χ2v) is 1.20. The van der Waals surface area contributed by atoms with Gasteiger partial charge < -0.3 is 4.98 Å². The lowest BCUT2D eigenvalue weighted by Gasteiger charge is -2.00. The van der Waals surface area contributed by atoms with Crippen LogP contribution in [0.2, 0.25) is 0 Å². The van der Waals surface area contributed by atoms with Gasteiger partial charge in [-0.15, -0.1) is 0 Å². The average Bonchev–Trinajstić information content (AvgIpc) is 1.62. The summed E-state index contributed by atoms with van der Waals surface area (Å²) in [4.78, 5) is 10.8. The van der Waals surface area contributed by atoms with Crippen molar-refractivity contribution in [2.24, 2.45) is 0 Å². The molecule has 0 unspecified atom stereocenters. The molecule has 0 aromatic heterocycles. The molecule has 0 atom stereocenters. The Morgan fingerprint density at radius 1 is 1.50 bits per heavy atom. The van der Waals surface area contributed by atoms with Crippen molar-refractivity contribution in [1.82, 2.24) is 4.98 Å². The van der Waals surface area contributed by atoms with Gasteiger partial charge in [0.25, 0.3) is 0 Å². The summed E-state index contributed by atoms with van der Waals surface area (Å²) in [6, 6.07) is 0. The molecule has 8 heavy (non-hydrogen) atoms. The first kappa shape index (κ1) is 7.48. The van der Waals surface area contributed by atoms with Crippen LogP contribution in [0, 0.1) is 0 Å². The molecule has 0 spiro atoms. The fraction of sp³-hybridized carbons (Fsp3) is 0.500. The van der Waals surface area contributed by atoms with Gasteiger partial charge >= 0.3 is 12.1 Å². The molecule has 0 bridgehead atoms. The van der Waals surface area contributed by atoms with E-state index in [1.54, 1.807) is 0 Å². The lowest BCUT2D eigenvalue weighted by Crippen LogP contribution is -2.34. The van der Waals surface area contributed by atoms with E-state index >= 15 is 0 Å². The molecule has 45 valence electrons. The second-order valence-electron chi connectivity index (χ2n) is 0.952. The van der Waals surface area contributed by atoms with Crippen LogP contribution in [-0.2, 0) is 4.79 Å². The molecule has 0 aliphatic heterocycles. The van der Waals surface area contributed by atoms with Gasteiger partial charge in [-0.3, -0.25) is 4.79 Å². The highest BCUT2D eigenvalue weighted by Crippen LogP contribution is 2.13. The van der Waals surface area contributed by atoms with Gasteiger partial charge in [-0.05, 0) is 0 Å². The maximum atomic E-state index is 11.0. The minimum absolute atomic E-state index is 1.25. The molecule has 0 saturated heterocycles. The molecule has 0 rings (SSSR count). The Morgan fingerprint density at radius 3 is 1.88 bits per heavy atom. The molecule has 0 saturated carbocycles. The first-order chi connectivity index (χ1) is 3.48. The summed E-state index contributed by atoms with van der Waals surface area (Å²) in [5.41, 5.74) is 0. The topological polar surface area (TPSA) is 29.1 Å². The summed E-state index contributed by atoms with van der Waals surface area (Å²) in [7, 11) is 2.18. The third-order valence-electron chi connectivity index (χ3n) is 0.371. The normalized spacial score (nSPS) is 11.0. The van der Waals surface area contributed by atoms with Crippen molar-refractivity contribution < 1.29 is 18.0 Å². The predicted molar refractivity (Wildman–Crippen MR) is 20.0 cm³/mol. The summed E-state index contributed by atoms with van der Waals surface area (Å²) < 4.78 is 33.0. The Morgan fingerprint density at radius 2 is 1.88 bits per heavy atom. The van der Waals surface area contributed by atoms with Gasteiger partial charge in [0.2, 0.25) is 0 Å². The first-order valence-corrected chi connectivity index (χ1v) is 2.02. The lowest BCUT2D eigenvalue weighted by molar-refractivity contribution is -0.171. The Kier molecular flexibility index (Phi) is 2.02. The SMILES string of the molecule is O=C(N[Si])C(F)(F)F. The number of alkyl halides is 3. The van der Waals surface area contributed by atoms with E-state index < -0.39 is 12.1 Å². The number of halogens is 3. The minimum Gasteiger partial charge on any atom is -0.376 e. The molecule has 6 heteroatoms. The third kappa shape index (κ3) is 1.96. The monoisotopic (exact) mass is 140 g/mol.